The SMILES string of the molecule is CC(C)NCc1ccoc1COCc1cccc(Cl)c1. The van der Waals surface area contributed by atoms with Crippen LogP contribution in [-0.4, -0.2) is 6.04 Å². The van der Waals surface area contributed by atoms with Crippen LogP contribution in [0.3, 0.4) is 0 Å². The molecule has 4 heteroatoms. The third-order valence-electron chi connectivity index (χ3n) is 2.93. The zero-order valence-electron chi connectivity index (χ0n) is 11.9. The summed E-state index contributed by atoms with van der Waals surface area (Å²) in [6, 6.07) is 10.1. The fourth-order valence-electron chi connectivity index (χ4n) is 1.85. The number of rotatable bonds is 7. The summed E-state index contributed by atoms with van der Waals surface area (Å²) >= 11 is 5.94. The quantitative estimate of drug-likeness (QED) is 0.833. The first-order valence-corrected chi connectivity index (χ1v) is 7.14. The van der Waals surface area contributed by atoms with Gasteiger partial charge in [-0.2, -0.15) is 0 Å². The van der Waals surface area contributed by atoms with Gasteiger partial charge in [-0.05, 0) is 23.8 Å². The van der Waals surface area contributed by atoms with Crippen LogP contribution in [0.4, 0.5) is 0 Å². The molecule has 1 N–H and O–H groups in total. The number of ether oxygens (including phenoxy) is 1. The summed E-state index contributed by atoms with van der Waals surface area (Å²) in [7, 11) is 0. The van der Waals surface area contributed by atoms with Gasteiger partial charge in [-0.15, -0.1) is 0 Å². The van der Waals surface area contributed by atoms with Crippen molar-refractivity contribution in [2.75, 3.05) is 0 Å². The number of hydrogen-bond acceptors (Lipinski definition) is 3. The average Bonchev–Trinajstić information content (AvgIpc) is 2.84. The van der Waals surface area contributed by atoms with Crippen LogP contribution in [0, 0.1) is 0 Å². The monoisotopic (exact) mass is 293 g/mol. The van der Waals surface area contributed by atoms with E-state index in [-0.39, 0.29) is 0 Å². The lowest BCUT2D eigenvalue weighted by atomic mass is 10.2. The maximum atomic E-state index is 5.94. The van der Waals surface area contributed by atoms with Gasteiger partial charge in [-0.1, -0.05) is 37.6 Å². The minimum Gasteiger partial charge on any atom is -0.467 e. The molecule has 20 heavy (non-hydrogen) atoms. The van der Waals surface area contributed by atoms with E-state index in [2.05, 4.69) is 19.2 Å². The molecule has 0 unspecified atom stereocenters. The highest BCUT2D eigenvalue weighted by molar-refractivity contribution is 6.30. The molecule has 0 aliphatic heterocycles. The number of hydrogen-bond donors (Lipinski definition) is 1. The Bertz CT molecular complexity index is 537. The molecule has 1 heterocycles. The van der Waals surface area contributed by atoms with Crippen molar-refractivity contribution in [3.63, 3.8) is 0 Å². The van der Waals surface area contributed by atoms with Gasteiger partial charge in [0.05, 0.1) is 12.9 Å². The van der Waals surface area contributed by atoms with E-state index in [9.17, 15) is 0 Å². The third-order valence-corrected chi connectivity index (χ3v) is 3.16. The Balaban J connectivity index is 1.83. The van der Waals surface area contributed by atoms with Crippen molar-refractivity contribution in [3.8, 4) is 0 Å². The van der Waals surface area contributed by atoms with Crippen LogP contribution in [0.5, 0.6) is 0 Å². The molecule has 0 atom stereocenters. The molecular formula is C16H20ClNO2. The van der Waals surface area contributed by atoms with Gasteiger partial charge in [0.25, 0.3) is 0 Å². The molecule has 0 aliphatic rings. The minimum absolute atomic E-state index is 0.449. The summed E-state index contributed by atoms with van der Waals surface area (Å²) in [4.78, 5) is 0. The lowest BCUT2D eigenvalue weighted by Crippen LogP contribution is -2.22. The summed E-state index contributed by atoms with van der Waals surface area (Å²) in [6.45, 7) is 6.03. The highest BCUT2D eigenvalue weighted by Gasteiger charge is 2.07. The maximum Gasteiger partial charge on any atom is 0.133 e. The van der Waals surface area contributed by atoms with Crippen molar-refractivity contribution in [1.29, 1.82) is 0 Å². The van der Waals surface area contributed by atoms with Crippen LogP contribution in [0.2, 0.25) is 5.02 Å². The van der Waals surface area contributed by atoms with Crippen molar-refractivity contribution in [2.45, 2.75) is 39.6 Å². The second kappa shape index (κ2) is 7.48. The maximum absolute atomic E-state index is 5.94. The molecule has 2 aromatic rings. The highest BCUT2D eigenvalue weighted by atomic mass is 35.5. The zero-order valence-corrected chi connectivity index (χ0v) is 12.6. The lowest BCUT2D eigenvalue weighted by Gasteiger charge is -2.08. The number of nitrogens with one attached hydrogen (secondary N) is 1. The van der Waals surface area contributed by atoms with E-state index in [0.29, 0.717) is 19.3 Å². The van der Waals surface area contributed by atoms with Gasteiger partial charge in [0, 0.05) is 23.2 Å². The number of furan rings is 1. The Kier molecular flexibility index (Phi) is 5.65. The van der Waals surface area contributed by atoms with E-state index in [0.717, 1.165) is 28.5 Å². The molecule has 0 amide bonds. The number of benzene rings is 1. The predicted molar refractivity (Wildman–Crippen MR) is 80.6 cm³/mol. The second-order valence-corrected chi connectivity index (χ2v) is 5.46. The van der Waals surface area contributed by atoms with Crippen LogP contribution in [0.25, 0.3) is 0 Å². The molecule has 0 bridgehead atoms. The standard InChI is InChI=1S/C16H20ClNO2/c1-12(2)18-9-14-6-7-20-16(14)11-19-10-13-4-3-5-15(17)8-13/h3-8,12,18H,9-11H2,1-2H3. The van der Waals surface area contributed by atoms with Gasteiger partial charge < -0.3 is 14.5 Å². The van der Waals surface area contributed by atoms with Gasteiger partial charge in [0.1, 0.15) is 12.4 Å². The largest absolute Gasteiger partial charge is 0.467 e. The molecule has 0 aliphatic carbocycles. The summed E-state index contributed by atoms with van der Waals surface area (Å²) in [5.41, 5.74) is 2.20. The Morgan fingerprint density at radius 1 is 1.25 bits per heavy atom. The molecule has 0 radical (unpaired) electrons. The first-order chi connectivity index (χ1) is 9.65. The zero-order chi connectivity index (χ0) is 14.4. The predicted octanol–water partition coefficient (Wildman–Crippen LogP) is 4.15. The molecular weight excluding hydrogens is 274 g/mol. The molecule has 108 valence electrons. The van der Waals surface area contributed by atoms with Crippen LogP contribution in [0.15, 0.2) is 41.0 Å². The van der Waals surface area contributed by atoms with Crippen LogP contribution >= 0.6 is 11.6 Å². The summed E-state index contributed by atoms with van der Waals surface area (Å²) in [6.07, 6.45) is 1.70. The molecule has 1 aromatic carbocycles. The minimum atomic E-state index is 0.449. The van der Waals surface area contributed by atoms with E-state index >= 15 is 0 Å². The van der Waals surface area contributed by atoms with Crippen LogP contribution < -0.4 is 5.32 Å². The molecule has 3 nitrogen and oxygen atoms in total. The fourth-order valence-corrected chi connectivity index (χ4v) is 2.07. The summed E-state index contributed by atoms with van der Waals surface area (Å²) in [5.74, 6) is 0.875. The van der Waals surface area contributed by atoms with Crippen molar-refractivity contribution in [3.05, 3.63) is 58.5 Å². The van der Waals surface area contributed by atoms with Crippen molar-refractivity contribution >= 4 is 11.6 Å². The van der Waals surface area contributed by atoms with Crippen molar-refractivity contribution in [2.24, 2.45) is 0 Å². The summed E-state index contributed by atoms with van der Waals surface area (Å²) < 4.78 is 11.2. The molecule has 0 spiro atoms. The van der Waals surface area contributed by atoms with Gasteiger partial charge in [-0.25, -0.2) is 0 Å². The van der Waals surface area contributed by atoms with Gasteiger partial charge in [0.2, 0.25) is 0 Å². The van der Waals surface area contributed by atoms with Crippen LogP contribution in [0.1, 0.15) is 30.7 Å². The molecule has 0 saturated carbocycles. The first-order valence-electron chi connectivity index (χ1n) is 6.76. The molecule has 2 rings (SSSR count). The second-order valence-electron chi connectivity index (χ2n) is 5.03. The molecule has 0 saturated heterocycles. The normalized spacial score (nSPS) is 11.2. The highest BCUT2D eigenvalue weighted by Crippen LogP contribution is 2.15. The van der Waals surface area contributed by atoms with Crippen LogP contribution in [-0.2, 0) is 24.5 Å². The Morgan fingerprint density at radius 2 is 2.10 bits per heavy atom. The topological polar surface area (TPSA) is 34.4 Å². The van der Waals surface area contributed by atoms with E-state index in [1.807, 2.05) is 30.3 Å². The Hall–Kier alpha value is -1.29. The van der Waals surface area contributed by atoms with E-state index in [1.54, 1.807) is 6.26 Å². The van der Waals surface area contributed by atoms with E-state index in [4.69, 9.17) is 20.8 Å². The fraction of sp³-hybridized carbons (Fsp3) is 0.375. The first kappa shape index (κ1) is 15.1. The molecule has 1 aromatic heterocycles. The van der Waals surface area contributed by atoms with E-state index < -0.39 is 0 Å². The van der Waals surface area contributed by atoms with Gasteiger partial charge in [0.15, 0.2) is 0 Å². The Morgan fingerprint density at radius 3 is 2.85 bits per heavy atom. The van der Waals surface area contributed by atoms with E-state index in [1.165, 1.54) is 0 Å². The van der Waals surface area contributed by atoms with Crippen molar-refractivity contribution < 1.29 is 9.15 Å². The number of halogens is 1. The third kappa shape index (κ3) is 4.67. The molecule has 0 fully saturated rings. The smallest absolute Gasteiger partial charge is 0.133 e. The van der Waals surface area contributed by atoms with Gasteiger partial charge >= 0.3 is 0 Å². The van der Waals surface area contributed by atoms with Crippen molar-refractivity contribution in [1.82, 2.24) is 5.32 Å². The average molecular weight is 294 g/mol. The van der Waals surface area contributed by atoms with Gasteiger partial charge in [-0.3, -0.25) is 0 Å². The summed E-state index contributed by atoms with van der Waals surface area (Å²) in [5, 5.41) is 4.10. The lowest BCUT2D eigenvalue weighted by molar-refractivity contribution is 0.0921. The Labute approximate surface area is 124 Å².